The first-order valence-corrected chi connectivity index (χ1v) is 9.63. The van der Waals surface area contributed by atoms with Crippen LogP contribution >= 0.6 is 22.6 Å². The van der Waals surface area contributed by atoms with Gasteiger partial charge in [-0.05, 0) is 42.0 Å². The fourth-order valence-corrected chi connectivity index (χ4v) is 3.43. The third-order valence-corrected chi connectivity index (χ3v) is 4.86. The van der Waals surface area contributed by atoms with E-state index in [4.69, 9.17) is 9.47 Å². The summed E-state index contributed by atoms with van der Waals surface area (Å²) in [5.74, 6) is -0.240. The smallest absolute Gasteiger partial charge is 0.192 e. The molecule has 1 atom stereocenters. The van der Waals surface area contributed by atoms with Crippen LogP contribution in [0, 0.1) is 0 Å². The Labute approximate surface area is 168 Å². The van der Waals surface area contributed by atoms with Gasteiger partial charge in [-0.3, -0.25) is 4.79 Å². The summed E-state index contributed by atoms with van der Waals surface area (Å²) in [4.78, 5) is 13.2. The number of hydrogen-bond acceptors (Lipinski definition) is 4. The van der Waals surface area contributed by atoms with Crippen molar-refractivity contribution in [2.45, 2.75) is 26.2 Å². The number of hydrogen-bond donors (Lipinski definition) is 1. The zero-order chi connectivity index (χ0) is 18.9. The zero-order valence-electron chi connectivity index (χ0n) is 14.9. The van der Waals surface area contributed by atoms with Crippen LogP contribution in [-0.4, -0.2) is 30.4 Å². The van der Waals surface area contributed by atoms with Crippen molar-refractivity contribution in [1.29, 1.82) is 0 Å². The molecule has 2 aromatic rings. The second-order valence-electron chi connectivity index (χ2n) is 5.51. The van der Waals surface area contributed by atoms with Crippen molar-refractivity contribution in [1.82, 2.24) is 0 Å². The van der Waals surface area contributed by atoms with Gasteiger partial charge in [0.2, 0.25) is 0 Å². The van der Waals surface area contributed by atoms with E-state index in [1.54, 1.807) is 36.4 Å². The Balaban J connectivity index is 2.53. The summed E-state index contributed by atoms with van der Waals surface area (Å²) in [5, 5.41) is 11.0. The van der Waals surface area contributed by atoms with Crippen molar-refractivity contribution in [2.75, 3.05) is 13.2 Å². The van der Waals surface area contributed by atoms with Gasteiger partial charge in [-0.15, -0.1) is 0 Å². The number of carbonyl (C=O) groups is 1. The third-order valence-electron chi connectivity index (χ3n) is 3.77. The quantitative estimate of drug-likeness (QED) is 0.252. The summed E-state index contributed by atoms with van der Waals surface area (Å²) < 4.78 is 11.8. The van der Waals surface area contributed by atoms with Crippen LogP contribution in [0.4, 0.5) is 0 Å². The van der Waals surface area contributed by atoms with Crippen LogP contribution in [0.15, 0.2) is 69.8 Å². The molecular formula is C21H23IO4. The molecule has 26 heavy (non-hydrogen) atoms. The van der Waals surface area contributed by atoms with E-state index in [2.05, 4.69) is 0 Å². The van der Waals surface area contributed by atoms with Crippen LogP contribution < -0.4 is 0 Å². The van der Waals surface area contributed by atoms with Gasteiger partial charge in [0.05, 0.1) is 3.58 Å². The van der Waals surface area contributed by atoms with Gasteiger partial charge in [0.1, 0.15) is 6.10 Å². The Morgan fingerprint density at radius 3 is 1.96 bits per heavy atom. The number of ether oxygens (including phenoxy) is 2. The second-order valence-corrected chi connectivity index (χ2v) is 6.67. The number of carbonyl (C=O) groups excluding carboxylic acids is 1. The lowest BCUT2D eigenvalue weighted by atomic mass is 9.94. The predicted octanol–water partition coefficient (Wildman–Crippen LogP) is 4.69. The van der Waals surface area contributed by atoms with Crippen molar-refractivity contribution >= 4 is 28.4 Å². The summed E-state index contributed by atoms with van der Waals surface area (Å²) >= 11 is 2.05. The standard InChI is InChI=1S/C21H23IO4/c1-3-25-21(26-4-2)18(22)17(19(23)15-11-7-5-8-12-15)20(24)16-13-9-6-10-14-16/h5-14,19,21,23H,3-4H2,1-2H3/b18-17+. The maximum Gasteiger partial charge on any atom is 0.192 e. The van der Waals surface area contributed by atoms with Crippen molar-refractivity contribution in [3.8, 4) is 0 Å². The highest BCUT2D eigenvalue weighted by molar-refractivity contribution is 14.1. The van der Waals surface area contributed by atoms with E-state index in [1.165, 1.54) is 0 Å². The number of ketones is 1. The molecule has 0 spiro atoms. The topological polar surface area (TPSA) is 55.8 Å². The van der Waals surface area contributed by atoms with Gasteiger partial charge in [0.15, 0.2) is 12.1 Å². The van der Waals surface area contributed by atoms with E-state index in [1.807, 2.05) is 60.7 Å². The Kier molecular flexibility index (Phi) is 8.44. The molecule has 0 aromatic heterocycles. The molecule has 0 bridgehead atoms. The van der Waals surface area contributed by atoms with Crippen LogP contribution in [0.1, 0.15) is 35.9 Å². The molecule has 2 aromatic carbocycles. The number of rotatable bonds is 9. The largest absolute Gasteiger partial charge is 0.383 e. The highest BCUT2D eigenvalue weighted by atomic mass is 127. The highest BCUT2D eigenvalue weighted by Gasteiger charge is 2.29. The fourth-order valence-electron chi connectivity index (χ4n) is 2.53. The van der Waals surface area contributed by atoms with E-state index in [0.29, 0.717) is 27.9 Å². The minimum Gasteiger partial charge on any atom is -0.383 e. The Bertz CT molecular complexity index is 722. The molecular weight excluding hydrogens is 443 g/mol. The molecule has 4 nitrogen and oxygen atoms in total. The second kappa shape index (κ2) is 10.6. The highest BCUT2D eigenvalue weighted by Crippen LogP contribution is 2.33. The molecule has 138 valence electrons. The minimum absolute atomic E-state index is 0.240. The molecule has 1 unspecified atom stereocenters. The van der Waals surface area contributed by atoms with E-state index >= 15 is 0 Å². The third kappa shape index (κ3) is 5.23. The average Bonchev–Trinajstić information content (AvgIpc) is 2.69. The molecule has 0 amide bonds. The van der Waals surface area contributed by atoms with E-state index in [9.17, 15) is 9.90 Å². The first kappa shape index (κ1) is 20.8. The molecule has 0 aliphatic heterocycles. The van der Waals surface area contributed by atoms with Gasteiger partial charge in [-0.2, -0.15) is 0 Å². The van der Waals surface area contributed by atoms with Crippen molar-refractivity contribution < 1.29 is 19.4 Å². The molecule has 0 fully saturated rings. The summed E-state index contributed by atoms with van der Waals surface area (Å²) in [6.07, 6.45) is -1.76. The summed E-state index contributed by atoms with van der Waals surface area (Å²) in [6.45, 7) is 4.60. The molecule has 0 radical (unpaired) electrons. The van der Waals surface area contributed by atoms with Gasteiger partial charge >= 0.3 is 0 Å². The van der Waals surface area contributed by atoms with Gasteiger partial charge in [-0.25, -0.2) is 0 Å². The Hall–Kier alpha value is -1.54. The summed E-state index contributed by atoms with van der Waals surface area (Å²) in [6, 6.07) is 18.0. The molecule has 0 heterocycles. The van der Waals surface area contributed by atoms with Crippen LogP contribution in [0.3, 0.4) is 0 Å². The number of benzene rings is 2. The molecule has 1 N–H and O–H groups in total. The monoisotopic (exact) mass is 466 g/mol. The van der Waals surface area contributed by atoms with E-state index in [0.717, 1.165) is 0 Å². The molecule has 2 rings (SSSR count). The SMILES string of the molecule is CCOC(OCC)/C(I)=C(\C(=O)c1ccccc1)C(O)c1ccccc1. The van der Waals surface area contributed by atoms with Gasteiger partial charge in [-0.1, -0.05) is 60.7 Å². The average molecular weight is 466 g/mol. The van der Waals surface area contributed by atoms with Crippen LogP contribution in [0.2, 0.25) is 0 Å². The van der Waals surface area contributed by atoms with Gasteiger partial charge < -0.3 is 14.6 Å². The van der Waals surface area contributed by atoms with Crippen molar-refractivity contribution in [3.05, 3.63) is 80.9 Å². The minimum atomic E-state index is -1.07. The van der Waals surface area contributed by atoms with Crippen LogP contribution in [0.25, 0.3) is 0 Å². The number of halogens is 1. The Morgan fingerprint density at radius 1 is 0.962 bits per heavy atom. The number of aliphatic hydroxyl groups is 1. The van der Waals surface area contributed by atoms with Crippen molar-refractivity contribution in [3.63, 3.8) is 0 Å². The van der Waals surface area contributed by atoms with Gasteiger partial charge in [0.25, 0.3) is 0 Å². The summed E-state index contributed by atoms with van der Waals surface area (Å²) in [7, 11) is 0. The molecule has 0 aliphatic rings. The maximum absolute atomic E-state index is 13.2. The lowest BCUT2D eigenvalue weighted by Crippen LogP contribution is -2.23. The molecule has 5 heteroatoms. The lowest BCUT2D eigenvalue weighted by molar-refractivity contribution is -0.105. The lowest BCUT2D eigenvalue weighted by Gasteiger charge is -2.22. The molecule has 0 saturated heterocycles. The predicted molar refractivity (Wildman–Crippen MR) is 110 cm³/mol. The van der Waals surface area contributed by atoms with Gasteiger partial charge in [0, 0.05) is 24.4 Å². The van der Waals surface area contributed by atoms with E-state index < -0.39 is 12.4 Å². The molecule has 0 saturated carbocycles. The summed E-state index contributed by atoms with van der Waals surface area (Å²) in [5.41, 5.74) is 1.43. The number of Topliss-reactive ketones (excluding diaryl/α,β-unsaturated/α-hetero) is 1. The first-order chi connectivity index (χ1) is 12.6. The maximum atomic E-state index is 13.2. The number of aliphatic hydroxyl groups excluding tert-OH is 1. The normalized spacial score (nSPS) is 13.4. The Morgan fingerprint density at radius 2 is 1.46 bits per heavy atom. The van der Waals surface area contributed by atoms with Crippen LogP contribution in [-0.2, 0) is 9.47 Å². The van der Waals surface area contributed by atoms with Crippen molar-refractivity contribution in [2.24, 2.45) is 0 Å². The van der Waals surface area contributed by atoms with Crippen LogP contribution in [0.5, 0.6) is 0 Å². The van der Waals surface area contributed by atoms with E-state index in [-0.39, 0.29) is 11.4 Å². The zero-order valence-corrected chi connectivity index (χ0v) is 17.0. The fraction of sp³-hybridized carbons (Fsp3) is 0.286. The molecule has 0 aliphatic carbocycles. The first-order valence-electron chi connectivity index (χ1n) is 8.55.